The zero-order valence-electron chi connectivity index (χ0n) is 11.2. The number of rotatable bonds is 7. The molecule has 0 saturated carbocycles. The lowest BCUT2D eigenvalue weighted by molar-refractivity contribution is 0.107. The fraction of sp³-hybridized carbons (Fsp3) is 0.250. The summed E-state index contributed by atoms with van der Waals surface area (Å²) in [7, 11) is 0. The molecule has 0 unspecified atom stereocenters. The highest BCUT2D eigenvalue weighted by atomic mass is 79.9. The molecule has 3 nitrogen and oxygen atoms in total. The lowest BCUT2D eigenvalue weighted by Gasteiger charge is -2.07. The molecule has 4 heteroatoms. The number of benzene rings is 2. The summed E-state index contributed by atoms with van der Waals surface area (Å²) in [6, 6.07) is 15.5. The average molecular weight is 336 g/mol. The quantitative estimate of drug-likeness (QED) is 0.614. The molecule has 0 radical (unpaired) electrons. The van der Waals surface area contributed by atoms with E-state index in [0.717, 1.165) is 22.3 Å². The normalized spacial score (nSPS) is 10.4. The van der Waals surface area contributed by atoms with E-state index in [2.05, 4.69) is 28.1 Å². The molecule has 0 heterocycles. The number of nitrogens with two attached hydrogens (primary N) is 1. The Morgan fingerprint density at radius 2 is 1.60 bits per heavy atom. The number of ether oxygens (including phenoxy) is 2. The summed E-state index contributed by atoms with van der Waals surface area (Å²) in [5.41, 5.74) is 7.53. The van der Waals surface area contributed by atoms with Gasteiger partial charge in [0.1, 0.15) is 5.75 Å². The lowest BCUT2D eigenvalue weighted by Crippen LogP contribution is -2.03. The molecule has 0 atom stereocenters. The van der Waals surface area contributed by atoms with Crippen molar-refractivity contribution in [3.63, 3.8) is 0 Å². The van der Waals surface area contributed by atoms with Crippen molar-refractivity contribution in [2.24, 2.45) is 0 Å². The first-order chi connectivity index (χ1) is 9.74. The van der Waals surface area contributed by atoms with Gasteiger partial charge < -0.3 is 15.2 Å². The van der Waals surface area contributed by atoms with Gasteiger partial charge in [0.05, 0.1) is 19.8 Å². The van der Waals surface area contributed by atoms with E-state index in [0.29, 0.717) is 19.8 Å². The van der Waals surface area contributed by atoms with Gasteiger partial charge in [-0.25, -0.2) is 0 Å². The standard InChI is InChI=1S/C16H18BrNO2/c17-14-4-2-13(3-5-14)12-19-10-1-11-20-16-8-6-15(18)7-9-16/h2-9H,1,10-12,18H2. The van der Waals surface area contributed by atoms with Crippen molar-refractivity contribution in [3.05, 3.63) is 58.6 Å². The van der Waals surface area contributed by atoms with Crippen LogP contribution in [0, 0.1) is 0 Å². The topological polar surface area (TPSA) is 44.5 Å². The van der Waals surface area contributed by atoms with E-state index in [4.69, 9.17) is 15.2 Å². The minimum Gasteiger partial charge on any atom is -0.494 e. The molecule has 0 spiro atoms. The van der Waals surface area contributed by atoms with Crippen LogP contribution in [0.2, 0.25) is 0 Å². The molecule has 0 saturated heterocycles. The van der Waals surface area contributed by atoms with E-state index in [9.17, 15) is 0 Å². The minimum atomic E-state index is 0.634. The number of hydrogen-bond donors (Lipinski definition) is 1. The molecular weight excluding hydrogens is 318 g/mol. The summed E-state index contributed by atoms with van der Waals surface area (Å²) in [6.45, 7) is 1.96. The van der Waals surface area contributed by atoms with Crippen molar-refractivity contribution in [2.75, 3.05) is 18.9 Å². The Morgan fingerprint density at radius 3 is 2.30 bits per heavy atom. The Morgan fingerprint density at radius 1 is 0.900 bits per heavy atom. The Labute approximate surface area is 127 Å². The van der Waals surface area contributed by atoms with Crippen LogP contribution in [0.5, 0.6) is 5.75 Å². The highest BCUT2D eigenvalue weighted by Crippen LogP contribution is 2.13. The number of anilines is 1. The van der Waals surface area contributed by atoms with E-state index in [1.807, 2.05) is 36.4 Å². The molecule has 2 aromatic carbocycles. The maximum Gasteiger partial charge on any atom is 0.119 e. The van der Waals surface area contributed by atoms with Crippen LogP contribution in [-0.2, 0) is 11.3 Å². The van der Waals surface area contributed by atoms with E-state index in [1.165, 1.54) is 5.56 Å². The zero-order chi connectivity index (χ0) is 14.2. The Balaban J connectivity index is 1.57. The molecule has 20 heavy (non-hydrogen) atoms. The summed E-state index contributed by atoms with van der Waals surface area (Å²) < 4.78 is 12.3. The molecule has 2 aromatic rings. The molecule has 0 aromatic heterocycles. The smallest absolute Gasteiger partial charge is 0.119 e. The van der Waals surface area contributed by atoms with Crippen molar-refractivity contribution in [1.29, 1.82) is 0 Å². The fourth-order valence-electron chi connectivity index (χ4n) is 1.69. The molecule has 0 aliphatic heterocycles. The first-order valence-corrected chi connectivity index (χ1v) is 7.34. The second-order valence-electron chi connectivity index (χ2n) is 4.45. The van der Waals surface area contributed by atoms with Crippen LogP contribution >= 0.6 is 15.9 Å². The minimum absolute atomic E-state index is 0.634. The van der Waals surface area contributed by atoms with Crippen LogP contribution in [0.4, 0.5) is 5.69 Å². The largest absolute Gasteiger partial charge is 0.494 e. The molecule has 0 amide bonds. The highest BCUT2D eigenvalue weighted by Gasteiger charge is 1.96. The molecule has 2 N–H and O–H groups in total. The predicted octanol–water partition coefficient (Wildman–Crippen LogP) is 4.02. The first kappa shape index (κ1) is 14.9. The van der Waals surface area contributed by atoms with Gasteiger partial charge in [0.2, 0.25) is 0 Å². The van der Waals surface area contributed by atoms with Crippen LogP contribution in [-0.4, -0.2) is 13.2 Å². The second-order valence-corrected chi connectivity index (χ2v) is 5.37. The zero-order valence-corrected chi connectivity index (χ0v) is 12.8. The van der Waals surface area contributed by atoms with Gasteiger partial charge in [-0.05, 0) is 42.0 Å². The van der Waals surface area contributed by atoms with Gasteiger partial charge >= 0.3 is 0 Å². The van der Waals surface area contributed by atoms with Crippen LogP contribution in [0.3, 0.4) is 0 Å². The molecular formula is C16H18BrNO2. The second kappa shape index (κ2) is 7.92. The average Bonchev–Trinajstić information content (AvgIpc) is 2.46. The monoisotopic (exact) mass is 335 g/mol. The fourth-order valence-corrected chi connectivity index (χ4v) is 1.95. The van der Waals surface area contributed by atoms with Crippen molar-refractivity contribution in [3.8, 4) is 5.75 Å². The van der Waals surface area contributed by atoms with Crippen LogP contribution < -0.4 is 10.5 Å². The number of halogens is 1. The third-order valence-corrected chi connectivity index (χ3v) is 3.29. The third kappa shape index (κ3) is 5.23. The van der Waals surface area contributed by atoms with Gasteiger partial charge in [-0.1, -0.05) is 28.1 Å². The summed E-state index contributed by atoms with van der Waals surface area (Å²) in [6.07, 6.45) is 0.862. The van der Waals surface area contributed by atoms with Gasteiger partial charge in [0, 0.05) is 16.6 Å². The molecule has 0 bridgehead atoms. The summed E-state index contributed by atoms with van der Waals surface area (Å²) in [5, 5.41) is 0. The molecule has 0 aliphatic rings. The molecule has 0 aliphatic carbocycles. The highest BCUT2D eigenvalue weighted by molar-refractivity contribution is 9.10. The lowest BCUT2D eigenvalue weighted by atomic mass is 10.2. The van der Waals surface area contributed by atoms with Gasteiger partial charge in [-0.3, -0.25) is 0 Å². The molecule has 0 fully saturated rings. The van der Waals surface area contributed by atoms with Gasteiger partial charge in [0.25, 0.3) is 0 Å². The summed E-state index contributed by atoms with van der Waals surface area (Å²) in [5.74, 6) is 0.840. The van der Waals surface area contributed by atoms with Gasteiger partial charge in [-0.2, -0.15) is 0 Å². The maximum absolute atomic E-state index is 5.61. The summed E-state index contributed by atoms with van der Waals surface area (Å²) in [4.78, 5) is 0. The third-order valence-electron chi connectivity index (χ3n) is 2.76. The Bertz CT molecular complexity index is 462. The maximum atomic E-state index is 5.61. The molecule has 2 rings (SSSR count). The van der Waals surface area contributed by atoms with Crippen molar-refractivity contribution in [1.82, 2.24) is 0 Å². The summed E-state index contributed by atoms with van der Waals surface area (Å²) >= 11 is 3.41. The van der Waals surface area contributed by atoms with Crippen molar-refractivity contribution >= 4 is 21.6 Å². The van der Waals surface area contributed by atoms with Crippen molar-refractivity contribution in [2.45, 2.75) is 13.0 Å². The van der Waals surface area contributed by atoms with Crippen LogP contribution in [0.25, 0.3) is 0 Å². The van der Waals surface area contributed by atoms with Gasteiger partial charge in [0.15, 0.2) is 0 Å². The van der Waals surface area contributed by atoms with Crippen LogP contribution in [0.1, 0.15) is 12.0 Å². The number of nitrogen functional groups attached to an aromatic ring is 1. The predicted molar refractivity (Wildman–Crippen MR) is 84.8 cm³/mol. The number of hydrogen-bond acceptors (Lipinski definition) is 3. The Hall–Kier alpha value is -1.52. The van der Waals surface area contributed by atoms with E-state index >= 15 is 0 Å². The van der Waals surface area contributed by atoms with E-state index in [1.54, 1.807) is 0 Å². The Kier molecular flexibility index (Phi) is 5.89. The van der Waals surface area contributed by atoms with E-state index in [-0.39, 0.29) is 0 Å². The first-order valence-electron chi connectivity index (χ1n) is 6.54. The SMILES string of the molecule is Nc1ccc(OCCCOCc2ccc(Br)cc2)cc1. The van der Waals surface area contributed by atoms with E-state index < -0.39 is 0 Å². The van der Waals surface area contributed by atoms with Crippen LogP contribution in [0.15, 0.2) is 53.0 Å². The molecule has 106 valence electrons. The van der Waals surface area contributed by atoms with Crippen molar-refractivity contribution < 1.29 is 9.47 Å². The van der Waals surface area contributed by atoms with Gasteiger partial charge in [-0.15, -0.1) is 0 Å².